The van der Waals surface area contributed by atoms with Gasteiger partial charge in [0.1, 0.15) is 28.6 Å². The van der Waals surface area contributed by atoms with Crippen molar-refractivity contribution in [2.45, 2.75) is 108 Å². The smallest absolute Gasteiger partial charge is 0.410 e. The van der Waals surface area contributed by atoms with Crippen LogP contribution < -0.4 is 5.32 Å². The molecule has 0 radical (unpaired) electrons. The molecular weight excluding hydrogens is 681 g/mol. The fourth-order valence-corrected chi connectivity index (χ4v) is 7.98. The first kappa shape index (κ1) is 36.9. The number of nitrogens with one attached hydrogen (secondary N) is 1. The number of hydrogen-bond donors (Lipinski definition) is 1. The number of imidazole rings is 1. The Labute approximate surface area is 306 Å². The molecule has 3 atom stereocenters. The first-order chi connectivity index (χ1) is 24.5. The van der Waals surface area contributed by atoms with Gasteiger partial charge in [0, 0.05) is 25.2 Å². The van der Waals surface area contributed by atoms with Gasteiger partial charge in [-0.2, -0.15) is 0 Å². The fourth-order valence-electron chi connectivity index (χ4n) is 6.62. The van der Waals surface area contributed by atoms with E-state index in [0.29, 0.717) is 32.5 Å². The Hall–Kier alpha value is -4.83. The third-order valence-corrected chi connectivity index (χ3v) is 10.7. The van der Waals surface area contributed by atoms with E-state index in [1.54, 1.807) is 54.8 Å². The number of amides is 2. The lowest BCUT2D eigenvalue weighted by Gasteiger charge is -2.28. The maximum Gasteiger partial charge on any atom is 0.410 e. The Morgan fingerprint density at radius 3 is 2.00 bits per heavy atom. The van der Waals surface area contributed by atoms with Crippen molar-refractivity contribution < 1.29 is 27.5 Å². The minimum Gasteiger partial charge on any atom is -0.444 e. The number of carbonyl (C=O) groups is 2. The van der Waals surface area contributed by atoms with Crippen LogP contribution in [0.25, 0.3) is 0 Å². The molecule has 2 amide bonds. The number of amidine groups is 1. The van der Waals surface area contributed by atoms with Crippen molar-refractivity contribution in [1.29, 1.82) is 0 Å². The molecule has 1 aromatic heterocycles. The number of ether oxygens (including phenoxy) is 2. The number of likely N-dealkylation sites (tertiary alicyclic amines) is 2. The van der Waals surface area contributed by atoms with E-state index < -0.39 is 33.4 Å². The molecule has 0 spiro atoms. The first-order valence-corrected chi connectivity index (χ1v) is 19.3. The van der Waals surface area contributed by atoms with Crippen LogP contribution in [0.2, 0.25) is 0 Å². The second kappa shape index (κ2) is 14.3. The van der Waals surface area contributed by atoms with Gasteiger partial charge in [0.05, 0.1) is 29.2 Å². The van der Waals surface area contributed by atoms with Crippen LogP contribution in [0.1, 0.15) is 108 Å². The topological polar surface area (TPSA) is 135 Å². The average molecular weight is 729 g/mol. The lowest BCUT2D eigenvalue weighted by molar-refractivity contribution is 0.0215. The fraction of sp³-hybridized carbons (Fsp3) is 0.487. The lowest BCUT2D eigenvalue weighted by Crippen LogP contribution is -2.46. The Morgan fingerprint density at radius 2 is 1.40 bits per heavy atom. The molecule has 6 rings (SSSR count). The highest BCUT2D eigenvalue weighted by atomic mass is 32.2. The molecule has 2 aromatic carbocycles. The van der Waals surface area contributed by atoms with Gasteiger partial charge >= 0.3 is 12.2 Å². The van der Waals surface area contributed by atoms with E-state index in [9.17, 15) is 18.0 Å². The summed E-state index contributed by atoms with van der Waals surface area (Å²) in [6, 6.07) is 13.6. The number of carbonyl (C=O) groups excluding carboxylic acids is 2. The van der Waals surface area contributed by atoms with Crippen LogP contribution in [0, 0.1) is 18.8 Å². The predicted molar refractivity (Wildman–Crippen MR) is 197 cm³/mol. The molecule has 2 saturated heterocycles. The van der Waals surface area contributed by atoms with E-state index in [2.05, 4.69) is 17.2 Å². The molecule has 0 bridgehead atoms. The molecule has 3 aromatic rings. The molecule has 3 aliphatic heterocycles. The summed E-state index contributed by atoms with van der Waals surface area (Å²) in [6.07, 6.45) is 3.54. The summed E-state index contributed by atoms with van der Waals surface area (Å²) in [5, 5.41) is 3.41. The molecule has 1 unspecified atom stereocenters. The van der Waals surface area contributed by atoms with E-state index in [0.717, 1.165) is 39.3 Å². The first-order valence-electron chi connectivity index (χ1n) is 17.8. The van der Waals surface area contributed by atoms with E-state index in [-0.39, 0.29) is 34.6 Å². The predicted octanol–water partition coefficient (Wildman–Crippen LogP) is 6.34. The molecule has 276 valence electrons. The van der Waals surface area contributed by atoms with Crippen molar-refractivity contribution in [2.24, 2.45) is 4.99 Å². The standard InChI is InChI=1S/C39H48N6O6S/c1-26-12-20-30(21-13-26)52(48,49)45-25-29(41-35(45)33-11-9-23-44(33)37(47)51-39(5,6)7)19-16-27-14-17-28(18-15-27)31-24-40-34(42-31)32-10-8-22-43(32)36(46)50-38(2,3)4/h12-15,17-18,20-21,25,31-33H,8-11,22-24H2,1-7H3,(H,40,42)/t31?,32-,33-/m0/s1. The Kier molecular flexibility index (Phi) is 10.2. The third-order valence-electron chi connectivity index (χ3n) is 9.06. The second-order valence-electron chi connectivity index (χ2n) is 15.5. The molecule has 52 heavy (non-hydrogen) atoms. The van der Waals surface area contributed by atoms with Crippen LogP contribution >= 0.6 is 0 Å². The SMILES string of the molecule is Cc1ccc(S(=O)(=O)n2cc(C#Cc3ccc(C4CNC([C@@H]5CCCN5C(=O)OC(C)(C)C)=N4)cc3)nc2[C@@H]2CCCN2C(=O)OC(C)(C)C)cc1. The molecule has 2 fully saturated rings. The Bertz CT molecular complexity index is 2010. The van der Waals surface area contributed by atoms with Crippen molar-refractivity contribution in [2.75, 3.05) is 19.6 Å². The minimum atomic E-state index is -4.05. The molecular formula is C39H48N6O6S. The van der Waals surface area contributed by atoms with Gasteiger partial charge in [-0.25, -0.2) is 27.0 Å². The zero-order valence-electron chi connectivity index (χ0n) is 31.0. The summed E-state index contributed by atoms with van der Waals surface area (Å²) >= 11 is 0. The molecule has 0 saturated carbocycles. The Morgan fingerprint density at radius 1 is 0.827 bits per heavy atom. The maximum absolute atomic E-state index is 14.0. The van der Waals surface area contributed by atoms with Crippen molar-refractivity contribution in [3.63, 3.8) is 0 Å². The average Bonchev–Trinajstić information content (AvgIpc) is 3.88. The molecule has 0 aliphatic carbocycles. The van der Waals surface area contributed by atoms with Gasteiger partial charge < -0.3 is 14.8 Å². The van der Waals surface area contributed by atoms with Crippen LogP contribution in [0.15, 0.2) is 64.6 Å². The van der Waals surface area contributed by atoms with E-state index in [1.807, 2.05) is 52.0 Å². The number of nitrogens with zero attached hydrogens (tertiary/aromatic N) is 5. The Balaban J connectivity index is 1.23. The van der Waals surface area contributed by atoms with Gasteiger partial charge in [0.25, 0.3) is 10.0 Å². The van der Waals surface area contributed by atoms with Crippen LogP contribution in [-0.2, 0) is 19.5 Å². The van der Waals surface area contributed by atoms with E-state index >= 15 is 0 Å². The van der Waals surface area contributed by atoms with Crippen LogP contribution in [-0.4, -0.2) is 82.1 Å². The number of benzene rings is 2. The summed E-state index contributed by atoms with van der Waals surface area (Å²) in [7, 11) is -4.05. The summed E-state index contributed by atoms with van der Waals surface area (Å²) in [5.41, 5.74) is 1.66. The monoisotopic (exact) mass is 728 g/mol. The van der Waals surface area contributed by atoms with Crippen molar-refractivity contribution in [3.05, 3.63) is 82.9 Å². The van der Waals surface area contributed by atoms with Gasteiger partial charge in [-0.3, -0.25) is 14.8 Å². The highest BCUT2D eigenvalue weighted by Crippen LogP contribution is 2.34. The maximum atomic E-state index is 14.0. The van der Waals surface area contributed by atoms with Crippen LogP contribution in [0.3, 0.4) is 0 Å². The van der Waals surface area contributed by atoms with E-state index in [1.165, 1.54) is 6.20 Å². The zero-order valence-corrected chi connectivity index (χ0v) is 31.8. The van der Waals surface area contributed by atoms with Crippen LogP contribution in [0.4, 0.5) is 9.59 Å². The van der Waals surface area contributed by atoms with Gasteiger partial charge in [0.15, 0.2) is 0 Å². The number of rotatable bonds is 5. The molecule has 3 aliphatic rings. The largest absolute Gasteiger partial charge is 0.444 e. The highest BCUT2D eigenvalue weighted by Gasteiger charge is 2.39. The highest BCUT2D eigenvalue weighted by molar-refractivity contribution is 7.90. The molecule has 13 heteroatoms. The third kappa shape index (κ3) is 8.28. The van der Waals surface area contributed by atoms with Gasteiger partial charge in [0.2, 0.25) is 0 Å². The normalized spacial score (nSPS) is 20.6. The number of aliphatic imine (C=N–C) groups is 1. The summed E-state index contributed by atoms with van der Waals surface area (Å²) in [6.45, 7) is 14.6. The molecule has 4 heterocycles. The number of aromatic nitrogens is 2. The zero-order chi connectivity index (χ0) is 37.4. The number of hydrogen-bond acceptors (Lipinski definition) is 9. The second-order valence-corrected chi connectivity index (χ2v) is 17.4. The van der Waals surface area contributed by atoms with Crippen LogP contribution in [0.5, 0.6) is 0 Å². The minimum absolute atomic E-state index is 0.109. The summed E-state index contributed by atoms with van der Waals surface area (Å²) in [5.74, 6) is 7.21. The van der Waals surface area contributed by atoms with E-state index in [4.69, 9.17) is 19.5 Å². The summed E-state index contributed by atoms with van der Waals surface area (Å²) in [4.78, 5) is 39.1. The van der Waals surface area contributed by atoms with Crippen molar-refractivity contribution in [3.8, 4) is 11.8 Å². The van der Waals surface area contributed by atoms with Crippen molar-refractivity contribution in [1.82, 2.24) is 24.1 Å². The lowest BCUT2D eigenvalue weighted by atomic mass is 10.1. The molecule has 1 N–H and O–H groups in total. The van der Waals surface area contributed by atoms with Crippen molar-refractivity contribution >= 4 is 28.0 Å². The van der Waals surface area contributed by atoms with Gasteiger partial charge in [-0.1, -0.05) is 35.7 Å². The molecule has 12 nitrogen and oxygen atoms in total. The number of aryl methyl sites for hydroxylation is 1. The van der Waals surface area contributed by atoms with Gasteiger partial charge in [-0.15, -0.1) is 0 Å². The summed E-state index contributed by atoms with van der Waals surface area (Å²) < 4.78 is 40.4. The quantitative estimate of drug-likeness (QED) is 0.301. The van der Waals surface area contributed by atoms with Gasteiger partial charge in [-0.05, 0) is 110 Å².